The fraction of sp³-hybridized carbons (Fsp3) is 0.500. The average Bonchev–Trinajstić information content (AvgIpc) is 3.06. The minimum atomic E-state index is -0.164. The van der Waals surface area contributed by atoms with Crippen LogP contribution < -0.4 is 5.32 Å². The van der Waals surface area contributed by atoms with Crippen molar-refractivity contribution in [2.75, 3.05) is 18.4 Å². The molecule has 1 aromatic heterocycles. The van der Waals surface area contributed by atoms with Crippen molar-refractivity contribution in [3.63, 3.8) is 0 Å². The Hall–Kier alpha value is -1.80. The summed E-state index contributed by atoms with van der Waals surface area (Å²) in [5.41, 5.74) is 0.879. The van der Waals surface area contributed by atoms with Gasteiger partial charge >= 0.3 is 0 Å². The van der Waals surface area contributed by atoms with Crippen LogP contribution in [0.1, 0.15) is 47.0 Å². The molecule has 0 unspecified atom stereocenters. The summed E-state index contributed by atoms with van der Waals surface area (Å²) >= 11 is 4.73. The quantitative estimate of drug-likeness (QED) is 0.595. The molecule has 1 aromatic carbocycles. The van der Waals surface area contributed by atoms with Crippen molar-refractivity contribution >= 4 is 44.2 Å². The Kier molecular flexibility index (Phi) is 8.12. The normalized spacial score (nSPS) is 11.3. The molecule has 0 spiro atoms. The van der Waals surface area contributed by atoms with Gasteiger partial charge in [0, 0.05) is 36.0 Å². The zero-order valence-corrected chi connectivity index (χ0v) is 19.2. The van der Waals surface area contributed by atoms with Crippen molar-refractivity contribution in [3.8, 4) is 10.6 Å². The van der Waals surface area contributed by atoms with E-state index in [0.29, 0.717) is 24.6 Å². The predicted molar refractivity (Wildman–Crippen MR) is 117 cm³/mol. The molecule has 1 heterocycles. The Morgan fingerprint density at radius 1 is 1.14 bits per heavy atom. The molecule has 6 nitrogen and oxygen atoms in total. The highest BCUT2D eigenvalue weighted by molar-refractivity contribution is 9.10. The topological polar surface area (TPSA) is 75.2 Å². The lowest BCUT2D eigenvalue weighted by Crippen LogP contribution is -2.36. The van der Waals surface area contributed by atoms with Crippen LogP contribution in [-0.4, -0.2) is 40.0 Å². The van der Waals surface area contributed by atoms with Gasteiger partial charge in [-0.25, -0.2) is 0 Å². The highest BCUT2D eigenvalue weighted by Gasteiger charge is 2.21. The van der Waals surface area contributed by atoms with Gasteiger partial charge in [-0.05, 0) is 24.0 Å². The van der Waals surface area contributed by atoms with Gasteiger partial charge in [-0.2, -0.15) is 0 Å². The summed E-state index contributed by atoms with van der Waals surface area (Å²) in [6.45, 7) is 9.23. The van der Waals surface area contributed by atoms with E-state index in [0.717, 1.165) is 21.5 Å². The number of carbonyl (C=O) groups excluding carboxylic acids is 2. The van der Waals surface area contributed by atoms with Crippen LogP contribution in [0.2, 0.25) is 0 Å². The van der Waals surface area contributed by atoms with Crippen LogP contribution in [0.3, 0.4) is 0 Å². The van der Waals surface area contributed by atoms with E-state index in [2.05, 4.69) is 31.4 Å². The molecule has 1 N–H and O–H groups in total. The fourth-order valence-electron chi connectivity index (χ4n) is 2.60. The largest absolute Gasteiger partial charge is 0.342 e. The summed E-state index contributed by atoms with van der Waals surface area (Å²) in [5, 5.41) is 12.2. The Morgan fingerprint density at radius 3 is 2.43 bits per heavy atom. The molecule has 0 saturated heterocycles. The monoisotopic (exact) mass is 466 g/mol. The lowest BCUT2D eigenvalue weighted by molar-refractivity contribution is -0.133. The third-order valence-electron chi connectivity index (χ3n) is 3.90. The van der Waals surface area contributed by atoms with E-state index in [9.17, 15) is 9.59 Å². The number of nitrogens with one attached hydrogen (secondary N) is 1. The molecule has 8 heteroatoms. The molecule has 0 aliphatic heterocycles. The van der Waals surface area contributed by atoms with Crippen molar-refractivity contribution in [2.45, 2.75) is 47.0 Å². The molecule has 0 atom stereocenters. The number of carbonyl (C=O) groups is 2. The summed E-state index contributed by atoms with van der Waals surface area (Å²) in [6.07, 6.45) is 1.58. The lowest BCUT2D eigenvalue weighted by Gasteiger charge is -2.26. The summed E-state index contributed by atoms with van der Waals surface area (Å²) < 4.78 is 0.993. The van der Waals surface area contributed by atoms with E-state index in [-0.39, 0.29) is 23.7 Å². The number of hydrogen-bond donors (Lipinski definition) is 1. The maximum atomic E-state index is 12.5. The van der Waals surface area contributed by atoms with Gasteiger partial charge in [-0.1, -0.05) is 67.1 Å². The third kappa shape index (κ3) is 7.31. The van der Waals surface area contributed by atoms with E-state index in [1.807, 2.05) is 52.0 Å². The zero-order valence-electron chi connectivity index (χ0n) is 16.8. The van der Waals surface area contributed by atoms with Crippen molar-refractivity contribution in [3.05, 3.63) is 28.7 Å². The number of hydrogen-bond acceptors (Lipinski definition) is 5. The van der Waals surface area contributed by atoms with E-state index >= 15 is 0 Å². The number of halogens is 1. The molecular formula is C20H27BrN4O2S. The maximum Gasteiger partial charge on any atom is 0.227 e. The maximum absolute atomic E-state index is 12.5. The number of anilines is 1. The molecular weight excluding hydrogens is 440 g/mol. The minimum Gasteiger partial charge on any atom is -0.342 e. The average molecular weight is 467 g/mol. The minimum absolute atomic E-state index is 0.0681. The van der Waals surface area contributed by atoms with Crippen molar-refractivity contribution < 1.29 is 9.59 Å². The predicted octanol–water partition coefficient (Wildman–Crippen LogP) is 4.97. The fourth-order valence-corrected chi connectivity index (χ4v) is 3.63. The smallest absolute Gasteiger partial charge is 0.227 e. The standard InChI is InChI=1S/C20H27BrN4O2S/c1-5-11-25(17(27)13-20(2,3)4)12-10-16(26)22-19-24-23-18(28-19)14-6-8-15(21)9-7-14/h6-9H,5,10-13H2,1-4H3,(H,22,24,26). The number of rotatable bonds is 8. The molecule has 0 radical (unpaired) electrons. The molecule has 2 aromatic rings. The second-order valence-electron chi connectivity index (χ2n) is 7.84. The Bertz CT molecular complexity index is 799. The number of nitrogens with zero attached hydrogens (tertiary/aromatic N) is 3. The van der Waals surface area contributed by atoms with Crippen molar-refractivity contribution in [1.82, 2.24) is 15.1 Å². The molecule has 0 aliphatic rings. The lowest BCUT2D eigenvalue weighted by atomic mass is 9.91. The van der Waals surface area contributed by atoms with Crippen LogP contribution >= 0.6 is 27.3 Å². The molecule has 0 aliphatic carbocycles. The van der Waals surface area contributed by atoms with Crippen molar-refractivity contribution in [2.24, 2.45) is 5.41 Å². The van der Waals surface area contributed by atoms with E-state index < -0.39 is 0 Å². The zero-order chi connectivity index (χ0) is 20.7. The van der Waals surface area contributed by atoms with E-state index in [4.69, 9.17) is 0 Å². The van der Waals surface area contributed by atoms with Crippen LogP contribution in [0.5, 0.6) is 0 Å². The number of aromatic nitrogens is 2. The molecule has 0 bridgehead atoms. The van der Waals surface area contributed by atoms with Gasteiger partial charge in [0.05, 0.1) is 0 Å². The van der Waals surface area contributed by atoms with E-state index in [1.54, 1.807) is 4.90 Å². The number of benzene rings is 1. The first-order valence-corrected chi connectivity index (χ1v) is 11.0. The van der Waals surface area contributed by atoms with Gasteiger partial charge in [0.25, 0.3) is 0 Å². The van der Waals surface area contributed by atoms with Gasteiger partial charge < -0.3 is 10.2 Å². The number of amides is 2. The summed E-state index contributed by atoms with van der Waals surface area (Å²) in [6, 6.07) is 7.76. The van der Waals surface area contributed by atoms with Crippen LogP contribution in [0, 0.1) is 5.41 Å². The molecule has 0 saturated carbocycles. The molecule has 2 amide bonds. The van der Waals surface area contributed by atoms with E-state index in [1.165, 1.54) is 11.3 Å². The van der Waals surface area contributed by atoms with Crippen LogP contribution in [0.25, 0.3) is 10.6 Å². The molecule has 0 fully saturated rings. The Morgan fingerprint density at radius 2 is 1.82 bits per heavy atom. The summed E-state index contributed by atoms with van der Waals surface area (Å²) in [4.78, 5) is 26.6. The molecule has 152 valence electrons. The Balaban J connectivity index is 1.90. The van der Waals surface area contributed by atoms with Crippen LogP contribution in [0.15, 0.2) is 28.7 Å². The van der Waals surface area contributed by atoms with Gasteiger partial charge in [-0.3, -0.25) is 9.59 Å². The summed E-state index contributed by atoms with van der Waals surface area (Å²) in [5.74, 6) is -0.0706. The Labute approximate surface area is 178 Å². The second-order valence-corrected chi connectivity index (χ2v) is 9.73. The van der Waals surface area contributed by atoms with Gasteiger partial charge in [0.15, 0.2) is 0 Å². The van der Waals surface area contributed by atoms with Crippen LogP contribution in [-0.2, 0) is 9.59 Å². The highest BCUT2D eigenvalue weighted by Crippen LogP contribution is 2.27. The van der Waals surface area contributed by atoms with Crippen LogP contribution in [0.4, 0.5) is 5.13 Å². The SMILES string of the molecule is CCCN(CCC(=O)Nc1nnc(-c2ccc(Br)cc2)s1)C(=O)CC(C)(C)C. The van der Waals surface area contributed by atoms with Crippen molar-refractivity contribution in [1.29, 1.82) is 0 Å². The van der Waals surface area contributed by atoms with Gasteiger partial charge in [0.2, 0.25) is 16.9 Å². The first kappa shape index (κ1) is 22.5. The highest BCUT2D eigenvalue weighted by atomic mass is 79.9. The second kappa shape index (κ2) is 10.1. The summed E-state index contributed by atoms with van der Waals surface area (Å²) in [7, 11) is 0. The first-order valence-electron chi connectivity index (χ1n) is 9.35. The van der Waals surface area contributed by atoms with Gasteiger partial charge in [0.1, 0.15) is 5.01 Å². The molecule has 28 heavy (non-hydrogen) atoms. The molecule has 2 rings (SSSR count). The first-order chi connectivity index (χ1) is 13.2. The van der Waals surface area contributed by atoms with Gasteiger partial charge in [-0.15, -0.1) is 10.2 Å². The third-order valence-corrected chi connectivity index (χ3v) is 5.32.